The number of aryl methyl sites for hydroxylation is 1. The molecule has 4 heterocycles. The fourth-order valence-electron chi connectivity index (χ4n) is 4.48. The molecule has 1 N–H and O–H groups in total. The third-order valence-electron chi connectivity index (χ3n) is 5.79. The van der Waals surface area contributed by atoms with Crippen molar-refractivity contribution >= 4 is 11.6 Å². The van der Waals surface area contributed by atoms with Crippen LogP contribution in [0.5, 0.6) is 0 Å². The molecule has 1 saturated heterocycles. The van der Waals surface area contributed by atoms with Gasteiger partial charge in [0.2, 0.25) is 5.82 Å². The molecule has 3 aromatic rings. The van der Waals surface area contributed by atoms with E-state index < -0.39 is 5.82 Å². The molecule has 9 heteroatoms. The average molecular weight is 395 g/mol. The van der Waals surface area contributed by atoms with Crippen molar-refractivity contribution in [2.45, 2.75) is 19.5 Å². The first kappa shape index (κ1) is 18.0. The highest BCUT2D eigenvalue weighted by Crippen LogP contribution is 2.33. The van der Waals surface area contributed by atoms with E-state index in [0.29, 0.717) is 17.5 Å². The lowest BCUT2D eigenvalue weighted by atomic mass is 9.89. The van der Waals surface area contributed by atoms with Crippen LogP contribution < -0.4 is 5.32 Å². The van der Waals surface area contributed by atoms with Crippen molar-refractivity contribution in [2.24, 2.45) is 18.9 Å². The lowest BCUT2D eigenvalue weighted by Crippen LogP contribution is -2.31. The minimum atomic E-state index is -0.395. The van der Waals surface area contributed by atoms with E-state index in [1.54, 1.807) is 12.1 Å². The van der Waals surface area contributed by atoms with Gasteiger partial charge in [0.25, 0.3) is 5.91 Å². The molecule has 2 aliphatic heterocycles. The molecule has 0 saturated carbocycles. The van der Waals surface area contributed by atoms with Crippen LogP contribution in [0.1, 0.15) is 22.0 Å². The summed E-state index contributed by atoms with van der Waals surface area (Å²) in [6, 6.07) is 5.84. The number of fused-ring (bicyclic) bond motifs is 2. The number of nitrogens with one attached hydrogen (secondary N) is 1. The third-order valence-corrected chi connectivity index (χ3v) is 5.79. The van der Waals surface area contributed by atoms with Crippen LogP contribution in [0.25, 0.3) is 0 Å². The molecule has 1 amide bonds. The normalized spacial score (nSPS) is 21.0. The van der Waals surface area contributed by atoms with E-state index >= 15 is 0 Å². The van der Waals surface area contributed by atoms with Crippen LogP contribution in [0, 0.1) is 17.7 Å². The predicted molar refractivity (Wildman–Crippen MR) is 104 cm³/mol. The van der Waals surface area contributed by atoms with Gasteiger partial charge in [0.1, 0.15) is 11.6 Å². The molecule has 5 rings (SSSR count). The van der Waals surface area contributed by atoms with Crippen molar-refractivity contribution in [1.82, 2.24) is 29.4 Å². The number of carbonyl (C=O) groups is 1. The van der Waals surface area contributed by atoms with Crippen LogP contribution in [0.15, 0.2) is 36.7 Å². The zero-order valence-corrected chi connectivity index (χ0v) is 16.1. The molecule has 1 aromatic carbocycles. The van der Waals surface area contributed by atoms with Crippen LogP contribution in [-0.4, -0.2) is 48.4 Å². The van der Waals surface area contributed by atoms with E-state index in [4.69, 9.17) is 0 Å². The Labute approximate surface area is 167 Å². The van der Waals surface area contributed by atoms with Gasteiger partial charge < -0.3 is 9.88 Å². The van der Waals surface area contributed by atoms with Gasteiger partial charge in [-0.25, -0.2) is 4.39 Å². The summed E-state index contributed by atoms with van der Waals surface area (Å²) in [5.74, 6) is 1.34. The Morgan fingerprint density at radius 1 is 1.24 bits per heavy atom. The van der Waals surface area contributed by atoms with Crippen LogP contribution in [-0.2, 0) is 26.6 Å². The SMILES string of the molecule is Cn1cc(CN2C[C@@H]3Cc4nnc(C(=O)Nc5cccc(F)c5)n4C[C@@H]3C2)cn1. The number of hydrogen-bond acceptors (Lipinski definition) is 5. The van der Waals surface area contributed by atoms with E-state index in [9.17, 15) is 9.18 Å². The molecule has 29 heavy (non-hydrogen) atoms. The molecular formula is C20H22FN7O. The Hall–Kier alpha value is -3.07. The molecule has 1 fully saturated rings. The van der Waals surface area contributed by atoms with Crippen molar-refractivity contribution in [3.8, 4) is 0 Å². The number of carbonyl (C=O) groups excluding carboxylic acids is 1. The molecular weight excluding hydrogens is 373 g/mol. The second kappa shape index (κ2) is 7.07. The first-order valence-electron chi connectivity index (χ1n) is 9.74. The summed E-state index contributed by atoms with van der Waals surface area (Å²) in [4.78, 5) is 15.1. The van der Waals surface area contributed by atoms with E-state index in [0.717, 1.165) is 38.4 Å². The van der Waals surface area contributed by atoms with Crippen LogP contribution >= 0.6 is 0 Å². The Balaban J connectivity index is 1.28. The van der Waals surface area contributed by atoms with Crippen LogP contribution in [0.3, 0.4) is 0 Å². The van der Waals surface area contributed by atoms with Crippen molar-refractivity contribution in [3.05, 3.63) is 59.7 Å². The van der Waals surface area contributed by atoms with E-state index in [-0.39, 0.29) is 11.7 Å². The van der Waals surface area contributed by atoms with Crippen LogP contribution in [0.4, 0.5) is 10.1 Å². The highest BCUT2D eigenvalue weighted by molar-refractivity contribution is 6.01. The summed E-state index contributed by atoms with van der Waals surface area (Å²) in [6.45, 7) is 3.59. The standard InChI is InChI=1S/C20H22FN7O/c1-26-8-13(7-22-26)9-27-10-14-5-18-24-25-19(28(18)12-15(14)11-27)20(29)23-17-4-2-3-16(21)6-17/h2-4,6-8,14-15H,5,9-12H2,1H3,(H,23,29)/t14-,15-/m0/s1. The fraction of sp³-hybridized carbons (Fsp3) is 0.400. The fourth-order valence-corrected chi connectivity index (χ4v) is 4.48. The topological polar surface area (TPSA) is 80.9 Å². The zero-order chi connectivity index (χ0) is 20.0. The second-order valence-electron chi connectivity index (χ2n) is 7.96. The number of halogens is 1. The number of anilines is 1. The average Bonchev–Trinajstić information content (AvgIpc) is 3.37. The third kappa shape index (κ3) is 3.53. The maximum atomic E-state index is 13.4. The highest BCUT2D eigenvalue weighted by Gasteiger charge is 2.39. The molecule has 2 aliphatic rings. The van der Waals surface area contributed by atoms with Gasteiger partial charge in [-0.05, 0) is 30.0 Å². The number of rotatable bonds is 4. The van der Waals surface area contributed by atoms with Gasteiger partial charge in [0.05, 0.1) is 6.20 Å². The van der Waals surface area contributed by atoms with Crippen molar-refractivity contribution in [3.63, 3.8) is 0 Å². The van der Waals surface area contributed by atoms with E-state index in [1.807, 2.05) is 28.7 Å². The lowest BCUT2D eigenvalue weighted by molar-refractivity contribution is 0.100. The molecule has 2 aromatic heterocycles. The van der Waals surface area contributed by atoms with Gasteiger partial charge in [-0.2, -0.15) is 5.10 Å². The molecule has 0 aliphatic carbocycles. The Kier molecular flexibility index (Phi) is 4.39. The van der Waals surface area contributed by atoms with Gasteiger partial charge >= 0.3 is 0 Å². The quantitative estimate of drug-likeness (QED) is 0.727. The zero-order valence-electron chi connectivity index (χ0n) is 16.1. The summed E-state index contributed by atoms with van der Waals surface area (Å²) < 4.78 is 17.1. The van der Waals surface area contributed by atoms with Crippen molar-refractivity contribution in [1.29, 1.82) is 0 Å². The van der Waals surface area contributed by atoms with E-state index in [1.165, 1.54) is 17.7 Å². The number of nitrogens with zero attached hydrogens (tertiary/aromatic N) is 6. The summed E-state index contributed by atoms with van der Waals surface area (Å²) in [6.07, 6.45) is 4.77. The predicted octanol–water partition coefficient (Wildman–Crippen LogP) is 1.71. The number of hydrogen-bond donors (Lipinski definition) is 1. The Morgan fingerprint density at radius 3 is 2.90 bits per heavy atom. The van der Waals surface area contributed by atoms with Gasteiger partial charge in [-0.1, -0.05) is 6.07 Å². The molecule has 2 atom stereocenters. The smallest absolute Gasteiger partial charge is 0.293 e. The maximum absolute atomic E-state index is 13.4. The molecule has 0 radical (unpaired) electrons. The van der Waals surface area contributed by atoms with Gasteiger partial charge in [0.15, 0.2) is 0 Å². The summed E-state index contributed by atoms with van der Waals surface area (Å²) in [7, 11) is 1.93. The summed E-state index contributed by atoms with van der Waals surface area (Å²) in [5, 5.41) is 15.3. The van der Waals surface area contributed by atoms with Crippen molar-refractivity contribution in [2.75, 3.05) is 18.4 Å². The van der Waals surface area contributed by atoms with Gasteiger partial charge in [-0.15, -0.1) is 10.2 Å². The molecule has 0 bridgehead atoms. The number of amides is 1. The first-order chi connectivity index (χ1) is 14.0. The largest absolute Gasteiger partial charge is 0.319 e. The van der Waals surface area contributed by atoms with Crippen LogP contribution in [0.2, 0.25) is 0 Å². The van der Waals surface area contributed by atoms with Crippen molar-refractivity contribution < 1.29 is 9.18 Å². The second-order valence-corrected chi connectivity index (χ2v) is 7.96. The maximum Gasteiger partial charge on any atom is 0.293 e. The van der Waals surface area contributed by atoms with Gasteiger partial charge in [0, 0.05) is 57.1 Å². The summed E-state index contributed by atoms with van der Waals surface area (Å²) >= 11 is 0. The highest BCUT2D eigenvalue weighted by atomic mass is 19.1. The Morgan fingerprint density at radius 2 is 2.10 bits per heavy atom. The minimum Gasteiger partial charge on any atom is -0.319 e. The summed E-state index contributed by atoms with van der Waals surface area (Å²) in [5.41, 5.74) is 1.62. The first-order valence-corrected chi connectivity index (χ1v) is 9.74. The van der Waals surface area contributed by atoms with Gasteiger partial charge in [-0.3, -0.25) is 14.4 Å². The Bertz CT molecular complexity index is 1060. The number of likely N-dealkylation sites (tertiary alicyclic amines) is 1. The molecule has 8 nitrogen and oxygen atoms in total. The minimum absolute atomic E-state index is 0.286. The number of aromatic nitrogens is 5. The monoisotopic (exact) mass is 395 g/mol. The number of benzene rings is 1. The van der Waals surface area contributed by atoms with E-state index in [2.05, 4.69) is 25.5 Å². The molecule has 0 unspecified atom stereocenters. The lowest BCUT2D eigenvalue weighted by Gasteiger charge is -2.25. The molecule has 150 valence electrons. The molecule has 0 spiro atoms.